The third kappa shape index (κ3) is 4.40. The lowest BCUT2D eigenvalue weighted by molar-refractivity contribution is -0.130. The molecule has 1 saturated heterocycles. The molecule has 1 aromatic carbocycles. The predicted molar refractivity (Wildman–Crippen MR) is 105 cm³/mol. The normalized spacial score (nSPS) is 19.4. The van der Waals surface area contributed by atoms with Gasteiger partial charge in [0.15, 0.2) is 0 Å². The second-order valence-corrected chi connectivity index (χ2v) is 8.72. The highest BCUT2D eigenvalue weighted by molar-refractivity contribution is 7.89. The molecule has 0 bridgehead atoms. The van der Waals surface area contributed by atoms with E-state index in [0.29, 0.717) is 18.8 Å². The van der Waals surface area contributed by atoms with E-state index >= 15 is 0 Å². The Hall–Kier alpha value is -2.30. The average Bonchev–Trinajstić information content (AvgIpc) is 2.70. The molecular formula is C18H25N5O4S. The number of hydrogen-bond donors (Lipinski definition) is 1. The molecule has 28 heavy (non-hydrogen) atoms. The van der Waals surface area contributed by atoms with Crippen LogP contribution in [-0.2, 0) is 19.6 Å². The number of carbonyl (C=O) groups excluding carboxylic acids is 2. The molecular weight excluding hydrogens is 382 g/mol. The number of hydrogen-bond acceptors (Lipinski definition) is 6. The van der Waals surface area contributed by atoms with E-state index in [1.807, 2.05) is 0 Å². The molecule has 0 spiro atoms. The fourth-order valence-corrected chi connectivity index (χ4v) is 4.60. The summed E-state index contributed by atoms with van der Waals surface area (Å²) in [6, 6.07) is 6.11. The number of amides is 2. The maximum Gasteiger partial charge on any atom is 0.271 e. The van der Waals surface area contributed by atoms with Gasteiger partial charge in [0, 0.05) is 51.8 Å². The van der Waals surface area contributed by atoms with E-state index in [-0.39, 0.29) is 29.4 Å². The van der Waals surface area contributed by atoms with E-state index in [2.05, 4.69) is 22.2 Å². The molecule has 0 unspecified atom stereocenters. The van der Waals surface area contributed by atoms with Gasteiger partial charge < -0.3 is 10.2 Å². The van der Waals surface area contributed by atoms with E-state index in [0.717, 1.165) is 24.6 Å². The number of sulfonamides is 1. The first-order valence-electron chi connectivity index (χ1n) is 9.29. The molecule has 2 amide bonds. The zero-order valence-electron chi connectivity index (χ0n) is 16.1. The molecule has 0 atom stereocenters. The van der Waals surface area contributed by atoms with Crippen LogP contribution in [0.4, 0.5) is 5.69 Å². The molecule has 1 N–H and O–H groups in total. The predicted octanol–water partition coefficient (Wildman–Crippen LogP) is 0.559. The third-order valence-electron chi connectivity index (χ3n) is 5.00. The summed E-state index contributed by atoms with van der Waals surface area (Å²) in [5, 5.41) is 7.83. The van der Waals surface area contributed by atoms with E-state index in [9.17, 15) is 18.0 Å². The van der Waals surface area contributed by atoms with Crippen LogP contribution in [0.1, 0.15) is 19.8 Å². The Labute approximate surface area is 165 Å². The number of nitrogens with one attached hydrogen (secondary N) is 1. The van der Waals surface area contributed by atoms with Crippen LogP contribution in [0.15, 0.2) is 34.3 Å². The number of nitrogens with zero attached hydrogens (tertiary/aromatic N) is 4. The highest BCUT2D eigenvalue weighted by Crippen LogP contribution is 2.20. The van der Waals surface area contributed by atoms with Crippen molar-refractivity contribution in [1.29, 1.82) is 0 Å². The van der Waals surface area contributed by atoms with Crippen LogP contribution in [0.3, 0.4) is 0 Å². The van der Waals surface area contributed by atoms with Gasteiger partial charge in [-0.25, -0.2) is 13.4 Å². The molecule has 0 aliphatic carbocycles. The minimum Gasteiger partial charge on any atom is -0.321 e. The zero-order chi connectivity index (χ0) is 20.3. The molecule has 9 nitrogen and oxygen atoms in total. The standard InChI is InChI=1S/C18H25N5O4S/c1-3-22-10-12-23(13-11-22)28(26,27)15-6-4-14(5-7-15)19-18(25)16-8-9-17(24)21(2)20-16/h4-7H,3,8-13H2,1-2H3,(H,19,25). The van der Waals surface area contributed by atoms with E-state index in [1.54, 1.807) is 12.1 Å². The van der Waals surface area contributed by atoms with Gasteiger partial charge in [-0.3, -0.25) is 9.59 Å². The van der Waals surface area contributed by atoms with Crippen molar-refractivity contribution in [3.05, 3.63) is 24.3 Å². The van der Waals surface area contributed by atoms with Crippen molar-refractivity contribution < 1.29 is 18.0 Å². The number of piperazine rings is 1. The lowest BCUT2D eigenvalue weighted by Crippen LogP contribution is -2.48. The second kappa shape index (κ2) is 8.38. The minimum atomic E-state index is -3.55. The lowest BCUT2D eigenvalue weighted by atomic mass is 10.1. The van der Waals surface area contributed by atoms with Gasteiger partial charge >= 0.3 is 0 Å². The first-order chi connectivity index (χ1) is 13.3. The Kier molecular flexibility index (Phi) is 6.11. The Balaban J connectivity index is 1.65. The smallest absolute Gasteiger partial charge is 0.271 e. The molecule has 2 aliphatic rings. The number of hydrazone groups is 1. The molecule has 152 valence electrons. The first kappa shape index (κ1) is 20.4. The quantitative estimate of drug-likeness (QED) is 0.768. The Morgan fingerprint density at radius 3 is 2.32 bits per heavy atom. The van der Waals surface area contributed by atoms with Crippen molar-refractivity contribution in [3.63, 3.8) is 0 Å². The van der Waals surface area contributed by atoms with Crippen LogP contribution in [0.2, 0.25) is 0 Å². The van der Waals surface area contributed by atoms with Crippen molar-refractivity contribution in [3.8, 4) is 0 Å². The summed E-state index contributed by atoms with van der Waals surface area (Å²) in [5.41, 5.74) is 0.745. The molecule has 0 saturated carbocycles. The minimum absolute atomic E-state index is 0.133. The maximum absolute atomic E-state index is 12.8. The van der Waals surface area contributed by atoms with Gasteiger partial charge in [0.05, 0.1) is 4.90 Å². The number of anilines is 1. The number of rotatable bonds is 5. The summed E-state index contributed by atoms with van der Waals surface area (Å²) in [7, 11) is -2.04. The summed E-state index contributed by atoms with van der Waals surface area (Å²) in [6.45, 7) is 5.37. The van der Waals surface area contributed by atoms with Crippen LogP contribution in [-0.4, -0.2) is 79.9 Å². The van der Waals surface area contributed by atoms with Gasteiger partial charge in [0.2, 0.25) is 15.9 Å². The monoisotopic (exact) mass is 407 g/mol. The number of benzene rings is 1. The fraction of sp³-hybridized carbons (Fsp3) is 0.500. The summed E-state index contributed by atoms with van der Waals surface area (Å²) in [6.07, 6.45) is 0.524. The maximum atomic E-state index is 12.8. The van der Waals surface area contributed by atoms with Gasteiger partial charge in [-0.2, -0.15) is 9.41 Å². The molecule has 2 aliphatic heterocycles. The van der Waals surface area contributed by atoms with Crippen LogP contribution >= 0.6 is 0 Å². The lowest BCUT2D eigenvalue weighted by Gasteiger charge is -2.33. The van der Waals surface area contributed by atoms with Crippen molar-refractivity contribution in [2.75, 3.05) is 45.1 Å². The largest absolute Gasteiger partial charge is 0.321 e. The summed E-state index contributed by atoms with van der Waals surface area (Å²) >= 11 is 0. The van der Waals surface area contributed by atoms with E-state index in [1.165, 1.54) is 23.5 Å². The summed E-state index contributed by atoms with van der Waals surface area (Å²) in [5.74, 6) is -0.531. The Bertz CT molecular complexity index is 874. The van der Waals surface area contributed by atoms with Crippen LogP contribution < -0.4 is 5.32 Å². The van der Waals surface area contributed by atoms with Crippen LogP contribution in [0, 0.1) is 0 Å². The molecule has 2 heterocycles. The molecule has 0 radical (unpaired) electrons. The van der Waals surface area contributed by atoms with Gasteiger partial charge in [-0.15, -0.1) is 0 Å². The topological polar surface area (TPSA) is 102 Å². The highest BCUT2D eigenvalue weighted by atomic mass is 32.2. The highest BCUT2D eigenvalue weighted by Gasteiger charge is 2.28. The van der Waals surface area contributed by atoms with Crippen molar-refractivity contribution in [2.45, 2.75) is 24.7 Å². The Morgan fingerprint density at radius 2 is 1.75 bits per heavy atom. The SMILES string of the molecule is CCN1CCN(S(=O)(=O)c2ccc(NC(=O)C3=NN(C)C(=O)CC3)cc2)CC1. The molecule has 0 aromatic heterocycles. The van der Waals surface area contributed by atoms with Crippen molar-refractivity contribution in [1.82, 2.24) is 14.2 Å². The van der Waals surface area contributed by atoms with Crippen molar-refractivity contribution >= 4 is 33.2 Å². The first-order valence-corrected chi connectivity index (χ1v) is 10.7. The average molecular weight is 407 g/mol. The molecule has 3 rings (SSSR count). The third-order valence-corrected chi connectivity index (χ3v) is 6.91. The summed E-state index contributed by atoms with van der Waals surface area (Å²) in [4.78, 5) is 26.2. The molecule has 1 aromatic rings. The van der Waals surface area contributed by atoms with Crippen LogP contribution in [0.25, 0.3) is 0 Å². The van der Waals surface area contributed by atoms with Gasteiger partial charge in [0.25, 0.3) is 5.91 Å². The van der Waals surface area contributed by atoms with Gasteiger partial charge in [-0.05, 0) is 30.8 Å². The number of likely N-dealkylation sites (N-methyl/N-ethyl adjacent to an activating group) is 1. The Morgan fingerprint density at radius 1 is 1.11 bits per heavy atom. The van der Waals surface area contributed by atoms with E-state index in [4.69, 9.17) is 0 Å². The fourth-order valence-electron chi connectivity index (χ4n) is 3.18. The second-order valence-electron chi connectivity index (χ2n) is 6.78. The number of carbonyl (C=O) groups is 2. The zero-order valence-corrected chi connectivity index (χ0v) is 16.9. The summed E-state index contributed by atoms with van der Waals surface area (Å²) < 4.78 is 27.1. The van der Waals surface area contributed by atoms with Crippen LogP contribution in [0.5, 0.6) is 0 Å². The molecule has 10 heteroatoms. The van der Waals surface area contributed by atoms with E-state index < -0.39 is 15.9 Å². The molecule has 1 fully saturated rings. The van der Waals surface area contributed by atoms with Gasteiger partial charge in [-0.1, -0.05) is 6.92 Å². The van der Waals surface area contributed by atoms with Crippen molar-refractivity contribution in [2.24, 2.45) is 5.10 Å². The van der Waals surface area contributed by atoms with Gasteiger partial charge in [0.1, 0.15) is 5.71 Å².